The molecule has 1 rings (SSSR count). The summed E-state index contributed by atoms with van der Waals surface area (Å²) in [6.45, 7) is 6.82. The van der Waals surface area contributed by atoms with Crippen LogP contribution >= 0.6 is 11.6 Å². The van der Waals surface area contributed by atoms with E-state index in [1.165, 1.54) is 0 Å². The van der Waals surface area contributed by atoms with Crippen LogP contribution in [0.3, 0.4) is 0 Å². The molecule has 0 fully saturated rings. The Labute approximate surface area is 89.9 Å². The van der Waals surface area contributed by atoms with E-state index in [2.05, 4.69) is 22.2 Å². The van der Waals surface area contributed by atoms with Crippen molar-refractivity contribution < 1.29 is 0 Å². The fraction of sp³-hybridized carbons (Fsp3) is 0.600. The molecule has 4 heteroatoms. The minimum absolute atomic E-state index is 0.432. The summed E-state index contributed by atoms with van der Waals surface area (Å²) in [7, 11) is 0. The first-order valence-corrected chi connectivity index (χ1v) is 5.27. The molecule has 1 heterocycles. The van der Waals surface area contributed by atoms with Crippen LogP contribution in [0.2, 0.25) is 0 Å². The highest BCUT2D eigenvalue weighted by Gasteiger charge is 2.02. The first-order valence-electron chi connectivity index (χ1n) is 4.74. The topological polar surface area (TPSA) is 37.8 Å². The summed E-state index contributed by atoms with van der Waals surface area (Å²) < 4.78 is 0. The van der Waals surface area contributed by atoms with Gasteiger partial charge in [0, 0.05) is 23.8 Å². The largest absolute Gasteiger partial charge is 0.354 e. The fourth-order valence-corrected chi connectivity index (χ4v) is 1.23. The molecular formula is C10H16ClN3. The highest BCUT2D eigenvalue weighted by Crippen LogP contribution is 2.05. The standard InChI is InChI=1S/C10H16ClN3/c1-7(5-11)6-12-10-13-8(2)4-9(3)14-10/h4,7H,5-6H2,1-3H3,(H,12,13,14). The van der Waals surface area contributed by atoms with Crippen molar-refractivity contribution in [1.29, 1.82) is 0 Å². The summed E-state index contributed by atoms with van der Waals surface area (Å²) in [5.74, 6) is 1.78. The van der Waals surface area contributed by atoms with E-state index in [4.69, 9.17) is 11.6 Å². The lowest BCUT2D eigenvalue weighted by Gasteiger charge is -2.09. The van der Waals surface area contributed by atoms with Crippen LogP contribution in [0.5, 0.6) is 0 Å². The Balaban J connectivity index is 2.58. The number of aromatic nitrogens is 2. The van der Waals surface area contributed by atoms with Gasteiger partial charge >= 0.3 is 0 Å². The zero-order valence-electron chi connectivity index (χ0n) is 8.84. The normalized spacial score (nSPS) is 12.6. The second kappa shape index (κ2) is 5.15. The van der Waals surface area contributed by atoms with Crippen LogP contribution in [0.15, 0.2) is 6.07 Å². The summed E-state index contributed by atoms with van der Waals surface area (Å²) in [6, 6.07) is 1.95. The maximum absolute atomic E-state index is 5.70. The monoisotopic (exact) mass is 213 g/mol. The molecule has 0 spiro atoms. The first kappa shape index (κ1) is 11.2. The van der Waals surface area contributed by atoms with Crippen molar-refractivity contribution in [3.8, 4) is 0 Å². The van der Waals surface area contributed by atoms with Gasteiger partial charge in [-0.25, -0.2) is 9.97 Å². The molecule has 0 bridgehead atoms. The van der Waals surface area contributed by atoms with Gasteiger partial charge < -0.3 is 5.32 Å². The van der Waals surface area contributed by atoms with E-state index in [0.29, 0.717) is 17.7 Å². The third-order valence-electron chi connectivity index (χ3n) is 1.85. The van der Waals surface area contributed by atoms with Crippen LogP contribution in [0, 0.1) is 19.8 Å². The second-order valence-corrected chi connectivity index (χ2v) is 3.92. The van der Waals surface area contributed by atoms with Crippen LogP contribution in [0.25, 0.3) is 0 Å². The van der Waals surface area contributed by atoms with Gasteiger partial charge in [-0.2, -0.15) is 0 Å². The molecular weight excluding hydrogens is 198 g/mol. The van der Waals surface area contributed by atoms with Crippen molar-refractivity contribution in [2.24, 2.45) is 5.92 Å². The number of anilines is 1. The number of aryl methyl sites for hydroxylation is 2. The molecule has 0 aliphatic carbocycles. The van der Waals surface area contributed by atoms with E-state index in [1.807, 2.05) is 19.9 Å². The summed E-state index contributed by atoms with van der Waals surface area (Å²) in [5.41, 5.74) is 1.97. The van der Waals surface area contributed by atoms with Crippen molar-refractivity contribution >= 4 is 17.5 Å². The Morgan fingerprint density at radius 2 is 1.93 bits per heavy atom. The molecule has 1 aromatic rings. The second-order valence-electron chi connectivity index (χ2n) is 3.61. The number of rotatable bonds is 4. The van der Waals surface area contributed by atoms with E-state index in [0.717, 1.165) is 17.9 Å². The maximum atomic E-state index is 5.70. The van der Waals surface area contributed by atoms with Crippen molar-refractivity contribution in [1.82, 2.24) is 9.97 Å². The molecule has 1 aromatic heterocycles. The van der Waals surface area contributed by atoms with E-state index in [9.17, 15) is 0 Å². The molecule has 3 nitrogen and oxygen atoms in total. The number of hydrogen-bond donors (Lipinski definition) is 1. The summed E-state index contributed by atoms with van der Waals surface area (Å²) in [5, 5.41) is 3.17. The molecule has 1 unspecified atom stereocenters. The first-order chi connectivity index (χ1) is 6.61. The molecule has 0 radical (unpaired) electrons. The number of alkyl halides is 1. The maximum Gasteiger partial charge on any atom is 0.223 e. The number of hydrogen-bond acceptors (Lipinski definition) is 3. The van der Waals surface area contributed by atoms with Gasteiger partial charge in [0.05, 0.1) is 0 Å². The van der Waals surface area contributed by atoms with Gasteiger partial charge in [0.15, 0.2) is 0 Å². The summed E-state index contributed by atoms with van der Waals surface area (Å²) >= 11 is 5.70. The van der Waals surface area contributed by atoms with Gasteiger partial charge in [0.25, 0.3) is 0 Å². The molecule has 14 heavy (non-hydrogen) atoms. The highest BCUT2D eigenvalue weighted by atomic mass is 35.5. The van der Waals surface area contributed by atoms with E-state index in [-0.39, 0.29) is 0 Å². The lowest BCUT2D eigenvalue weighted by atomic mass is 10.2. The minimum atomic E-state index is 0.432. The number of nitrogens with one attached hydrogen (secondary N) is 1. The average molecular weight is 214 g/mol. The summed E-state index contributed by atoms with van der Waals surface area (Å²) in [4.78, 5) is 8.55. The molecule has 0 aromatic carbocycles. The average Bonchev–Trinajstić information content (AvgIpc) is 2.12. The Morgan fingerprint density at radius 1 is 1.36 bits per heavy atom. The molecule has 0 saturated carbocycles. The Morgan fingerprint density at radius 3 is 2.43 bits per heavy atom. The molecule has 78 valence electrons. The third kappa shape index (κ3) is 3.50. The summed E-state index contributed by atoms with van der Waals surface area (Å²) in [6.07, 6.45) is 0. The van der Waals surface area contributed by atoms with E-state index in [1.54, 1.807) is 0 Å². The molecule has 1 atom stereocenters. The van der Waals surface area contributed by atoms with Gasteiger partial charge in [-0.3, -0.25) is 0 Å². The fourth-order valence-electron chi connectivity index (χ4n) is 1.13. The van der Waals surface area contributed by atoms with Gasteiger partial charge in [-0.1, -0.05) is 6.92 Å². The predicted octanol–water partition coefficient (Wildman–Crippen LogP) is 2.38. The van der Waals surface area contributed by atoms with Crippen molar-refractivity contribution in [3.05, 3.63) is 17.5 Å². The van der Waals surface area contributed by atoms with Crippen molar-refractivity contribution in [3.63, 3.8) is 0 Å². The van der Waals surface area contributed by atoms with Gasteiger partial charge in [0.2, 0.25) is 5.95 Å². The molecule has 0 saturated heterocycles. The Kier molecular flexibility index (Phi) is 4.14. The van der Waals surface area contributed by atoms with Crippen LogP contribution in [0.4, 0.5) is 5.95 Å². The van der Waals surface area contributed by atoms with Gasteiger partial charge in [0.1, 0.15) is 0 Å². The smallest absolute Gasteiger partial charge is 0.223 e. The number of halogens is 1. The SMILES string of the molecule is Cc1cc(C)nc(NCC(C)CCl)n1. The van der Waals surface area contributed by atoms with Gasteiger partial charge in [-0.15, -0.1) is 11.6 Å². The Hall–Kier alpha value is -0.830. The zero-order chi connectivity index (χ0) is 10.6. The molecule has 1 N–H and O–H groups in total. The third-order valence-corrected chi connectivity index (χ3v) is 2.38. The predicted molar refractivity (Wildman–Crippen MR) is 59.9 cm³/mol. The van der Waals surface area contributed by atoms with Crippen molar-refractivity contribution in [2.75, 3.05) is 17.7 Å². The molecule has 0 aliphatic heterocycles. The molecule has 0 aliphatic rings. The molecule has 0 amide bonds. The lowest BCUT2D eigenvalue weighted by Crippen LogP contribution is -2.14. The minimum Gasteiger partial charge on any atom is -0.354 e. The Bertz CT molecular complexity index is 281. The van der Waals surface area contributed by atoms with E-state index < -0.39 is 0 Å². The van der Waals surface area contributed by atoms with Crippen LogP contribution in [0.1, 0.15) is 18.3 Å². The zero-order valence-corrected chi connectivity index (χ0v) is 9.60. The van der Waals surface area contributed by atoms with Gasteiger partial charge in [-0.05, 0) is 25.8 Å². The van der Waals surface area contributed by atoms with Crippen molar-refractivity contribution in [2.45, 2.75) is 20.8 Å². The van der Waals surface area contributed by atoms with Crippen LogP contribution in [-0.2, 0) is 0 Å². The van der Waals surface area contributed by atoms with Crippen LogP contribution < -0.4 is 5.32 Å². The van der Waals surface area contributed by atoms with E-state index >= 15 is 0 Å². The lowest BCUT2D eigenvalue weighted by molar-refractivity contribution is 0.691. The highest BCUT2D eigenvalue weighted by molar-refractivity contribution is 6.18. The quantitative estimate of drug-likeness (QED) is 0.781. The number of nitrogens with zero attached hydrogens (tertiary/aromatic N) is 2. The van der Waals surface area contributed by atoms with Crippen LogP contribution in [-0.4, -0.2) is 22.4 Å².